The summed E-state index contributed by atoms with van der Waals surface area (Å²) in [5.41, 5.74) is 1.18. The largest absolute Gasteiger partial charge is 0.497 e. The lowest BCUT2D eigenvalue weighted by Crippen LogP contribution is -2.20. The SMILES string of the molecule is COc1ccc(C(C)NCc2ncnn2C)c(Br)c1. The van der Waals surface area contributed by atoms with E-state index < -0.39 is 0 Å². The highest BCUT2D eigenvalue weighted by Gasteiger charge is 2.11. The van der Waals surface area contributed by atoms with Crippen LogP contribution in [0.2, 0.25) is 0 Å². The van der Waals surface area contributed by atoms with Crippen LogP contribution in [0.5, 0.6) is 5.75 Å². The lowest BCUT2D eigenvalue weighted by molar-refractivity contribution is 0.414. The predicted octanol–water partition coefficient (Wildman–Crippen LogP) is 2.44. The molecular weight excluding hydrogens is 308 g/mol. The molecule has 1 aromatic heterocycles. The highest BCUT2D eigenvalue weighted by atomic mass is 79.9. The first kappa shape index (κ1) is 14.0. The van der Waals surface area contributed by atoms with Gasteiger partial charge in [-0.15, -0.1) is 0 Å². The van der Waals surface area contributed by atoms with Crippen molar-refractivity contribution >= 4 is 15.9 Å². The molecule has 0 saturated heterocycles. The number of aromatic nitrogens is 3. The van der Waals surface area contributed by atoms with E-state index >= 15 is 0 Å². The van der Waals surface area contributed by atoms with Crippen LogP contribution >= 0.6 is 15.9 Å². The lowest BCUT2D eigenvalue weighted by atomic mass is 10.1. The fraction of sp³-hybridized carbons (Fsp3) is 0.385. The molecule has 2 aromatic rings. The topological polar surface area (TPSA) is 52.0 Å². The van der Waals surface area contributed by atoms with Crippen molar-refractivity contribution in [1.82, 2.24) is 20.1 Å². The minimum atomic E-state index is 0.206. The van der Waals surface area contributed by atoms with Gasteiger partial charge in [0.2, 0.25) is 0 Å². The summed E-state index contributed by atoms with van der Waals surface area (Å²) in [6.07, 6.45) is 1.56. The van der Waals surface area contributed by atoms with Gasteiger partial charge < -0.3 is 10.1 Å². The predicted molar refractivity (Wildman–Crippen MR) is 77.0 cm³/mol. The number of aryl methyl sites for hydroxylation is 1. The number of rotatable bonds is 5. The highest BCUT2D eigenvalue weighted by molar-refractivity contribution is 9.10. The smallest absolute Gasteiger partial charge is 0.140 e. The van der Waals surface area contributed by atoms with Crippen molar-refractivity contribution in [3.05, 3.63) is 40.4 Å². The van der Waals surface area contributed by atoms with Gasteiger partial charge in [-0.2, -0.15) is 5.10 Å². The normalized spacial score (nSPS) is 12.4. The van der Waals surface area contributed by atoms with Crippen LogP contribution in [0.1, 0.15) is 24.4 Å². The number of hydrogen-bond acceptors (Lipinski definition) is 4. The zero-order valence-corrected chi connectivity index (χ0v) is 12.8. The molecule has 102 valence electrons. The Morgan fingerprint density at radius 1 is 1.47 bits per heavy atom. The van der Waals surface area contributed by atoms with Crippen LogP contribution in [0.4, 0.5) is 0 Å². The summed E-state index contributed by atoms with van der Waals surface area (Å²) in [7, 11) is 3.55. The van der Waals surface area contributed by atoms with Gasteiger partial charge in [0.15, 0.2) is 0 Å². The molecule has 0 saturated carbocycles. The Labute approximate surface area is 121 Å². The molecule has 6 heteroatoms. The van der Waals surface area contributed by atoms with Gasteiger partial charge in [-0.3, -0.25) is 4.68 Å². The lowest BCUT2D eigenvalue weighted by Gasteiger charge is -2.16. The molecule has 1 N–H and O–H groups in total. The Morgan fingerprint density at radius 3 is 2.84 bits per heavy atom. The van der Waals surface area contributed by atoms with Gasteiger partial charge in [-0.25, -0.2) is 4.98 Å². The molecule has 1 aromatic carbocycles. The Bertz CT molecular complexity index is 555. The van der Waals surface area contributed by atoms with Crippen molar-refractivity contribution in [2.45, 2.75) is 19.5 Å². The summed E-state index contributed by atoms with van der Waals surface area (Å²) in [6, 6.07) is 6.19. The van der Waals surface area contributed by atoms with Crippen LogP contribution in [0, 0.1) is 0 Å². The van der Waals surface area contributed by atoms with E-state index in [0.717, 1.165) is 16.0 Å². The van der Waals surface area contributed by atoms with Crippen LogP contribution in [-0.2, 0) is 13.6 Å². The van der Waals surface area contributed by atoms with E-state index in [9.17, 15) is 0 Å². The van der Waals surface area contributed by atoms with Crippen molar-refractivity contribution in [3.8, 4) is 5.75 Å². The fourth-order valence-corrected chi connectivity index (χ4v) is 2.52. The summed E-state index contributed by atoms with van der Waals surface area (Å²) in [5, 5.41) is 7.47. The Morgan fingerprint density at radius 2 is 2.26 bits per heavy atom. The summed E-state index contributed by atoms with van der Waals surface area (Å²) in [4.78, 5) is 4.19. The molecule has 1 heterocycles. The Kier molecular flexibility index (Phi) is 4.55. The molecular formula is C13H17BrN4O. The average molecular weight is 325 g/mol. The second-order valence-corrected chi connectivity index (χ2v) is 5.14. The number of hydrogen-bond donors (Lipinski definition) is 1. The monoisotopic (exact) mass is 324 g/mol. The van der Waals surface area contributed by atoms with Crippen molar-refractivity contribution in [2.24, 2.45) is 7.05 Å². The number of halogens is 1. The molecule has 0 aliphatic rings. The second-order valence-electron chi connectivity index (χ2n) is 4.29. The third kappa shape index (κ3) is 3.33. The van der Waals surface area contributed by atoms with Gasteiger partial charge in [-0.05, 0) is 24.6 Å². The summed E-state index contributed by atoms with van der Waals surface area (Å²) in [6.45, 7) is 2.79. The van der Waals surface area contributed by atoms with Gasteiger partial charge in [0.25, 0.3) is 0 Å². The minimum Gasteiger partial charge on any atom is -0.497 e. The van der Waals surface area contributed by atoms with Crippen LogP contribution in [0.3, 0.4) is 0 Å². The zero-order valence-electron chi connectivity index (χ0n) is 11.2. The van der Waals surface area contributed by atoms with Crippen LogP contribution in [-0.4, -0.2) is 21.9 Å². The number of nitrogens with zero attached hydrogens (tertiary/aromatic N) is 3. The van der Waals surface area contributed by atoms with E-state index in [1.807, 2.05) is 19.2 Å². The van der Waals surface area contributed by atoms with E-state index in [1.165, 1.54) is 5.56 Å². The van der Waals surface area contributed by atoms with Gasteiger partial charge >= 0.3 is 0 Å². The fourth-order valence-electron chi connectivity index (χ4n) is 1.82. The number of nitrogens with one attached hydrogen (secondary N) is 1. The number of methoxy groups -OCH3 is 1. The zero-order chi connectivity index (χ0) is 13.8. The van der Waals surface area contributed by atoms with E-state index in [2.05, 4.69) is 44.3 Å². The Balaban J connectivity index is 2.03. The van der Waals surface area contributed by atoms with Gasteiger partial charge in [0.05, 0.1) is 13.7 Å². The van der Waals surface area contributed by atoms with Crippen molar-refractivity contribution < 1.29 is 4.74 Å². The quantitative estimate of drug-likeness (QED) is 0.917. The van der Waals surface area contributed by atoms with Crippen LogP contribution in [0.25, 0.3) is 0 Å². The van der Waals surface area contributed by atoms with Crippen molar-refractivity contribution in [3.63, 3.8) is 0 Å². The van der Waals surface area contributed by atoms with Gasteiger partial charge in [0.1, 0.15) is 17.9 Å². The molecule has 19 heavy (non-hydrogen) atoms. The standard InChI is InChI=1S/C13H17BrN4O/c1-9(15-7-13-16-8-17-18(13)2)11-5-4-10(19-3)6-12(11)14/h4-6,8-9,15H,7H2,1-3H3. The first-order valence-electron chi connectivity index (χ1n) is 6.01. The molecule has 1 atom stereocenters. The number of benzene rings is 1. The van der Waals surface area contributed by atoms with Crippen LogP contribution in [0.15, 0.2) is 29.0 Å². The highest BCUT2D eigenvalue weighted by Crippen LogP contribution is 2.27. The van der Waals surface area contributed by atoms with Crippen LogP contribution < -0.4 is 10.1 Å². The molecule has 0 aliphatic carbocycles. The first-order chi connectivity index (χ1) is 9.11. The molecule has 0 radical (unpaired) electrons. The average Bonchev–Trinajstić information content (AvgIpc) is 2.81. The van der Waals surface area contributed by atoms with Crippen molar-refractivity contribution in [2.75, 3.05) is 7.11 Å². The molecule has 0 aliphatic heterocycles. The summed E-state index contributed by atoms with van der Waals surface area (Å²) >= 11 is 3.57. The van der Waals surface area contributed by atoms with E-state index in [4.69, 9.17) is 4.74 Å². The molecule has 2 rings (SSSR count). The summed E-state index contributed by atoms with van der Waals surface area (Å²) in [5.74, 6) is 1.76. The molecule has 0 spiro atoms. The van der Waals surface area contributed by atoms with Crippen molar-refractivity contribution in [1.29, 1.82) is 0 Å². The first-order valence-corrected chi connectivity index (χ1v) is 6.81. The maximum atomic E-state index is 5.19. The molecule has 0 amide bonds. The summed E-state index contributed by atoms with van der Waals surface area (Å²) < 4.78 is 7.99. The number of ether oxygens (including phenoxy) is 1. The van der Waals surface area contributed by atoms with E-state index in [1.54, 1.807) is 18.1 Å². The molecule has 1 unspecified atom stereocenters. The van der Waals surface area contributed by atoms with E-state index in [0.29, 0.717) is 6.54 Å². The molecule has 0 fully saturated rings. The third-order valence-electron chi connectivity index (χ3n) is 3.05. The maximum absolute atomic E-state index is 5.19. The van der Waals surface area contributed by atoms with Gasteiger partial charge in [-0.1, -0.05) is 22.0 Å². The maximum Gasteiger partial charge on any atom is 0.140 e. The minimum absolute atomic E-state index is 0.206. The second kappa shape index (κ2) is 6.16. The Hall–Kier alpha value is -1.40. The van der Waals surface area contributed by atoms with Gasteiger partial charge in [0, 0.05) is 17.6 Å². The van der Waals surface area contributed by atoms with E-state index in [-0.39, 0.29) is 6.04 Å². The molecule has 0 bridgehead atoms. The third-order valence-corrected chi connectivity index (χ3v) is 3.73. The molecule has 5 nitrogen and oxygen atoms in total.